The highest BCUT2D eigenvalue weighted by Gasteiger charge is 2.42. The average Bonchev–Trinajstić information content (AvgIpc) is 3.27. The van der Waals surface area contributed by atoms with Gasteiger partial charge < -0.3 is 14.8 Å². The van der Waals surface area contributed by atoms with E-state index in [9.17, 15) is 9.59 Å². The summed E-state index contributed by atoms with van der Waals surface area (Å²) in [6, 6.07) is 15.2. The summed E-state index contributed by atoms with van der Waals surface area (Å²) in [6.07, 6.45) is 5.61. The summed E-state index contributed by atoms with van der Waals surface area (Å²) in [5, 5.41) is 3.05. The van der Waals surface area contributed by atoms with Gasteiger partial charge in [0.25, 0.3) is 0 Å². The molecule has 5 heteroatoms. The quantitative estimate of drug-likeness (QED) is 0.439. The minimum absolute atomic E-state index is 0.0272. The van der Waals surface area contributed by atoms with Gasteiger partial charge in [-0.2, -0.15) is 0 Å². The fourth-order valence-electron chi connectivity index (χ4n) is 4.06. The summed E-state index contributed by atoms with van der Waals surface area (Å²) in [6.45, 7) is 4.66. The Morgan fingerprint density at radius 2 is 1.77 bits per heavy atom. The molecule has 5 nitrogen and oxygen atoms in total. The molecule has 0 radical (unpaired) electrons. The Kier molecular flexibility index (Phi) is 7.50. The number of amides is 1. The van der Waals surface area contributed by atoms with Gasteiger partial charge in [0.2, 0.25) is 5.91 Å². The number of nitrogens with one attached hydrogen (secondary N) is 1. The number of rotatable bonds is 9. The monoisotopic (exact) mass is 409 g/mol. The number of ether oxygens (including phenoxy) is 2. The van der Waals surface area contributed by atoms with Crippen molar-refractivity contribution < 1.29 is 19.1 Å². The van der Waals surface area contributed by atoms with Crippen molar-refractivity contribution in [3.63, 3.8) is 0 Å². The lowest BCUT2D eigenvalue weighted by atomic mass is 9.78. The lowest BCUT2D eigenvalue weighted by Crippen LogP contribution is -2.38. The largest absolute Gasteiger partial charge is 0.493 e. The molecule has 0 aliphatic heterocycles. The number of hydrogen-bond acceptors (Lipinski definition) is 4. The van der Waals surface area contributed by atoms with E-state index in [0.717, 1.165) is 44.1 Å². The van der Waals surface area contributed by atoms with Gasteiger partial charge in [0.15, 0.2) is 0 Å². The molecule has 1 aliphatic rings. The summed E-state index contributed by atoms with van der Waals surface area (Å²) >= 11 is 0. The van der Waals surface area contributed by atoms with Crippen LogP contribution in [0, 0.1) is 0 Å². The number of anilines is 1. The molecular weight excluding hydrogens is 378 g/mol. The van der Waals surface area contributed by atoms with E-state index in [1.54, 1.807) is 25.1 Å². The molecule has 1 amide bonds. The van der Waals surface area contributed by atoms with Crippen LogP contribution in [0.1, 0.15) is 68.3 Å². The van der Waals surface area contributed by atoms with E-state index in [2.05, 4.69) is 12.2 Å². The second kappa shape index (κ2) is 10.3. The first-order valence-electron chi connectivity index (χ1n) is 10.9. The Morgan fingerprint density at radius 1 is 1.03 bits per heavy atom. The van der Waals surface area contributed by atoms with Crippen LogP contribution in [-0.4, -0.2) is 25.1 Å². The molecule has 0 atom stereocenters. The Labute approximate surface area is 178 Å². The van der Waals surface area contributed by atoms with Gasteiger partial charge in [0.05, 0.1) is 18.6 Å². The zero-order valence-corrected chi connectivity index (χ0v) is 17.9. The Balaban J connectivity index is 1.85. The first-order chi connectivity index (χ1) is 14.6. The highest BCUT2D eigenvalue weighted by atomic mass is 16.5. The molecule has 0 heterocycles. The summed E-state index contributed by atoms with van der Waals surface area (Å²) in [4.78, 5) is 25.8. The van der Waals surface area contributed by atoms with Crippen LogP contribution in [0.15, 0.2) is 48.5 Å². The van der Waals surface area contributed by atoms with Gasteiger partial charge in [-0.1, -0.05) is 56.5 Å². The number of unbranched alkanes of at least 4 members (excludes halogenated alkanes) is 1. The third kappa shape index (κ3) is 4.84. The van der Waals surface area contributed by atoms with Crippen molar-refractivity contribution in [2.24, 2.45) is 0 Å². The second-order valence-corrected chi connectivity index (χ2v) is 7.74. The standard InChI is InChI=1S/C25H31NO4/c1-3-5-17-30-22-14-13-20(18-21(22)23(27)29-4-2)26-24(28)25(15-9-10-16-25)19-11-7-6-8-12-19/h6-8,11-14,18H,3-5,9-10,15-17H2,1-2H3,(H,26,28). The molecule has 1 N–H and O–H groups in total. The van der Waals surface area contributed by atoms with Crippen molar-refractivity contribution in [1.29, 1.82) is 0 Å². The van der Waals surface area contributed by atoms with E-state index in [1.165, 1.54) is 0 Å². The van der Waals surface area contributed by atoms with Gasteiger partial charge in [-0.3, -0.25) is 4.79 Å². The van der Waals surface area contributed by atoms with Gasteiger partial charge in [-0.25, -0.2) is 4.79 Å². The van der Waals surface area contributed by atoms with Crippen molar-refractivity contribution in [3.8, 4) is 5.75 Å². The van der Waals surface area contributed by atoms with Crippen LogP contribution in [0.2, 0.25) is 0 Å². The van der Waals surface area contributed by atoms with Gasteiger partial charge in [-0.05, 0) is 49.9 Å². The van der Waals surface area contributed by atoms with Crippen LogP contribution >= 0.6 is 0 Å². The van der Waals surface area contributed by atoms with Crippen LogP contribution in [0.4, 0.5) is 5.69 Å². The minimum Gasteiger partial charge on any atom is -0.493 e. The maximum absolute atomic E-state index is 13.4. The number of esters is 1. The van der Waals surface area contributed by atoms with Crippen LogP contribution < -0.4 is 10.1 Å². The third-order valence-electron chi connectivity index (χ3n) is 5.71. The Morgan fingerprint density at radius 3 is 2.43 bits per heavy atom. The summed E-state index contributed by atoms with van der Waals surface area (Å²) in [7, 11) is 0. The van der Waals surface area contributed by atoms with Crippen LogP contribution in [0.3, 0.4) is 0 Å². The topological polar surface area (TPSA) is 64.6 Å². The van der Waals surface area contributed by atoms with E-state index in [4.69, 9.17) is 9.47 Å². The zero-order valence-electron chi connectivity index (χ0n) is 17.9. The van der Waals surface area contributed by atoms with Crippen molar-refractivity contribution in [1.82, 2.24) is 0 Å². The summed E-state index contributed by atoms with van der Waals surface area (Å²) < 4.78 is 11.0. The molecule has 2 aromatic rings. The predicted octanol–water partition coefficient (Wildman–Crippen LogP) is 5.49. The summed E-state index contributed by atoms with van der Waals surface area (Å²) in [5.74, 6) is 0.0120. The van der Waals surface area contributed by atoms with Crippen molar-refractivity contribution in [3.05, 3.63) is 59.7 Å². The normalized spacial score (nSPS) is 14.9. The Hall–Kier alpha value is -2.82. The van der Waals surface area contributed by atoms with E-state index in [0.29, 0.717) is 23.6 Å². The highest BCUT2D eigenvalue weighted by molar-refractivity contribution is 6.01. The molecule has 1 fully saturated rings. The van der Waals surface area contributed by atoms with Gasteiger partial charge in [0.1, 0.15) is 11.3 Å². The SMILES string of the molecule is CCCCOc1ccc(NC(=O)C2(c3ccccc3)CCCC2)cc1C(=O)OCC. The smallest absolute Gasteiger partial charge is 0.341 e. The second-order valence-electron chi connectivity index (χ2n) is 7.74. The Bertz CT molecular complexity index is 857. The molecule has 160 valence electrons. The number of hydrogen-bond donors (Lipinski definition) is 1. The molecule has 3 rings (SSSR count). The fourth-order valence-corrected chi connectivity index (χ4v) is 4.06. The van der Waals surface area contributed by atoms with E-state index >= 15 is 0 Å². The first-order valence-corrected chi connectivity index (χ1v) is 10.9. The maximum Gasteiger partial charge on any atom is 0.341 e. The third-order valence-corrected chi connectivity index (χ3v) is 5.71. The van der Waals surface area contributed by atoms with Gasteiger partial charge >= 0.3 is 5.97 Å². The molecule has 0 saturated heterocycles. The average molecular weight is 410 g/mol. The minimum atomic E-state index is -0.526. The van der Waals surface area contributed by atoms with Gasteiger partial charge in [0, 0.05) is 5.69 Å². The molecule has 0 bridgehead atoms. The van der Waals surface area contributed by atoms with E-state index in [1.807, 2.05) is 30.3 Å². The highest BCUT2D eigenvalue weighted by Crippen LogP contribution is 2.42. The van der Waals surface area contributed by atoms with Crippen LogP contribution in [0.25, 0.3) is 0 Å². The molecular formula is C25H31NO4. The lowest BCUT2D eigenvalue weighted by molar-refractivity contribution is -0.121. The first kappa shape index (κ1) is 21.9. The molecule has 1 saturated carbocycles. The maximum atomic E-state index is 13.4. The molecule has 0 aromatic heterocycles. The summed E-state index contributed by atoms with van der Waals surface area (Å²) in [5.41, 5.74) is 1.44. The van der Waals surface area contributed by atoms with Crippen LogP contribution in [-0.2, 0) is 14.9 Å². The van der Waals surface area contributed by atoms with Gasteiger partial charge in [-0.15, -0.1) is 0 Å². The molecule has 0 spiro atoms. The number of carbonyl (C=O) groups is 2. The van der Waals surface area contributed by atoms with Crippen LogP contribution in [0.5, 0.6) is 5.75 Å². The molecule has 2 aromatic carbocycles. The molecule has 30 heavy (non-hydrogen) atoms. The molecule has 0 unspecified atom stereocenters. The number of carbonyl (C=O) groups excluding carboxylic acids is 2. The van der Waals surface area contributed by atoms with Crippen molar-refractivity contribution in [2.45, 2.75) is 57.8 Å². The zero-order chi connectivity index (χ0) is 21.4. The number of benzene rings is 2. The fraction of sp³-hybridized carbons (Fsp3) is 0.440. The van der Waals surface area contributed by atoms with E-state index in [-0.39, 0.29) is 12.5 Å². The molecule has 1 aliphatic carbocycles. The lowest BCUT2D eigenvalue weighted by Gasteiger charge is -2.28. The predicted molar refractivity (Wildman–Crippen MR) is 118 cm³/mol. The van der Waals surface area contributed by atoms with Crippen molar-refractivity contribution >= 4 is 17.6 Å². The van der Waals surface area contributed by atoms with Crippen molar-refractivity contribution in [2.75, 3.05) is 18.5 Å². The van der Waals surface area contributed by atoms with E-state index < -0.39 is 11.4 Å².